The third kappa shape index (κ3) is 6.88. The molecule has 1 N–H and O–H groups in total. The van der Waals surface area contributed by atoms with Gasteiger partial charge in [0.15, 0.2) is 0 Å². The van der Waals surface area contributed by atoms with Crippen LogP contribution in [0.4, 0.5) is 5.95 Å². The van der Waals surface area contributed by atoms with Crippen molar-refractivity contribution in [1.29, 1.82) is 0 Å². The second kappa shape index (κ2) is 12.4. The van der Waals surface area contributed by atoms with Gasteiger partial charge in [-0.3, -0.25) is 9.29 Å². The second-order valence-electron chi connectivity index (χ2n) is 8.84. The lowest BCUT2D eigenvalue weighted by molar-refractivity contribution is 0.0407. The first kappa shape index (κ1) is 27.7. The van der Waals surface area contributed by atoms with Gasteiger partial charge in [0, 0.05) is 39.0 Å². The van der Waals surface area contributed by atoms with Crippen molar-refractivity contribution < 1.29 is 22.6 Å². The molecule has 0 aliphatic carbocycles. The molecule has 0 aromatic carbocycles. The van der Waals surface area contributed by atoms with Crippen molar-refractivity contribution in [1.82, 2.24) is 24.7 Å². The van der Waals surface area contributed by atoms with E-state index in [-0.39, 0.29) is 24.2 Å². The lowest BCUT2D eigenvalue weighted by atomic mass is 10.1. The van der Waals surface area contributed by atoms with Crippen LogP contribution in [0.3, 0.4) is 0 Å². The van der Waals surface area contributed by atoms with Crippen LogP contribution >= 0.6 is 11.6 Å². The summed E-state index contributed by atoms with van der Waals surface area (Å²) in [6.45, 7) is 6.05. The predicted molar refractivity (Wildman–Crippen MR) is 132 cm³/mol. The number of aromatic nitrogens is 5. The van der Waals surface area contributed by atoms with Gasteiger partial charge < -0.3 is 14.2 Å². The molecule has 0 radical (unpaired) electrons. The number of rotatable bonds is 13. The van der Waals surface area contributed by atoms with Gasteiger partial charge in [-0.05, 0) is 26.2 Å². The van der Waals surface area contributed by atoms with Crippen molar-refractivity contribution >= 4 is 27.6 Å². The van der Waals surface area contributed by atoms with E-state index in [4.69, 9.17) is 25.8 Å². The first-order chi connectivity index (χ1) is 16.7. The maximum atomic E-state index is 13.3. The highest BCUT2D eigenvalue weighted by Crippen LogP contribution is 2.28. The minimum atomic E-state index is -3.88. The number of ether oxygens (including phenoxy) is 3. The van der Waals surface area contributed by atoms with Crippen LogP contribution in [0.2, 0.25) is 5.02 Å². The standard InChI is InChI=1S/C22H35ClN6O5S/c1-6-18-7-8-19(34-18)9-20-26-27-22(29(20)17(12-32-4)13-33-5)28-35(30,31)15(3)14(2)21-24-10-16(23)11-25-21/h10-11,14-15,17-19H,6-9,12-13H2,1-5H3,(H,27,28)/t14-,15-,18+,19+/m0/s1. The van der Waals surface area contributed by atoms with Gasteiger partial charge in [-0.25, -0.2) is 18.4 Å². The number of anilines is 1. The fourth-order valence-corrected chi connectivity index (χ4v) is 5.52. The number of nitrogens with zero attached hydrogens (tertiary/aromatic N) is 5. The van der Waals surface area contributed by atoms with Crippen molar-refractivity contribution in [3.8, 4) is 0 Å². The highest BCUT2D eigenvalue weighted by atomic mass is 35.5. The van der Waals surface area contributed by atoms with Crippen molar-refractivity contribution in [3.63, 3.8) is 0 Å². The number of sulfonamides is 1. The molecule has 4 atom stereocenters. The number of halogens is 1. The van der Waals surface area contributed by atoms with Crippen molar-refractivity contribution in [2.45, 2.75) is 75.9 Å². The molecule has 1 aliphatic heterocycles. The number of hydrogen-bond donors (Lipinski definition) is 1. The molecule has 0 unspecified atom stereocenters. The lowest BCUT2D eigenvalue weighted by Gasteiger charge is -2.24. The van der Waals surface area contributed by atoms with E-state index < -0.39 is 21.2 Å². The molecule has 2 aromatic rings. The molecule has 13 heteroatoms. The van der Waals surface area contributed by atoms with E-state index in [2.05, 4.69) is 31.8 Å². The average Bonchev–Trinajstić information content (AvgIpc) is 3.45. The van der Waals surface area contributed by atoms with E-state index in [1.807, 2.05) is 0 Å². The Morgan fingerprint density at radius 1 is 1.14 bits per heavy atom. The summed E-state index contributed by atoms with van der Waals surface area (Å²) in [4.78, 5) is 8.35. The Hall–Kier alpha value is -1.86. The zero-order valence-electron chi connectivity index (χ0n) is 20.8. The Morgan fingerprint density at radius 3 is 2.34 bits per heavy atom. The topological polar surface area (TPSA) is 130 Å². The van der Waals surface area contributed by atoms with Gasteiger partial charge in [0.2, 0.25) is 16.0 Å². The van der Waals surface area contributed by atoms with Crippen LogP contribution in [0.5, 0.6) is 0 Å². The monoisotopic (exact) mass is 530 g/mol. The maximum Gasteiger partial charge on any atom is 0.238 e. The second-order valence-corrected chi connectivity index (χ2v) is 11.3. The fourth-order valence-electron chi connectivity index (χ4n) is 4.19. The molecule has 3 heterocycles. The van der Waals surface area contributed by atoms with Gasteiger partial charge in [-0.2, -0.15) is 0 Å². The van der Waals surface area contributed by atoms with E-state index in [0.717, 1.165) is 19.3 Å². The quantitative estimate of drug-likeness (QED) is 0.415. The number of methoxy groups -OCH3 is 2. The normalized spacial score (nSPS) is 20.3. The van der Waals surface area contributed by atoms with Crippen LogP contribution in [0.25, 0.3) is 0 Å². The van der Waals surface area contributed by atoms with E-state index in [9.17, 15) is 8.42 Å². The van der Waals surface area contributed by atoms with Crippen LogP contribution in [-0.2, 0) is 30.7 Å². The molecule has 1 saturated heterocycles. The zero-order valence-corrected chi connectivity index (χ0v) is 22.4. The summed E-state index contributed by atoms with van der Waals surface area (Å²) < 4.78 is 48.0. The predicted octanol–water partition coefficient (Wildman–Crippen LogP) is 2.99. The Balaban J connectivity index is 1.87. The van der Waals surface area contributed by atoms with Gasteiger partial charge in [0.1, 0.15) is 11.6 Å². The first-order valence-electron chi connectivity index (χ1n) is 11.8. The maximum absolute atomic E-state index is 13.3. The number of hydrogen-bond acceptors (Lipinski definition) is 9. The highest BCUT2D eigenvalue weighted by Gasteiger charge is 2.33. The summed E-state index contributed by atoms with van der Waals surface area (Å²) in [6.07, 6.45) is 6.52. The molecular weight excluding hydrogens is 496 g/mol. The molecule has 0 amide bonds. The Bertz CT molecular complexity index is 1050. The summed E-state index contributed by atoms with van der Waals surface area (Å²) in [6, 6.07) is -0.330. The number of nitrogens with one attached hydrogen (secondary N) is 1. The third-order valence-electron chi connectivity index (χ3n) is 6.39. The molecule has 3 rings (SSSR count). The van der Waals surface area contributed by atoms with Crippen molar-refractivity contribution in [2.75, 3.05) is 32.2 Å². The fraction of sp³-hybridized carbons (Fsp3) is 0.727. The van der Waals surface area contributed by atoms with Gasteiger partial charge in [0.25, 0.3) is 0 Å². The van der Waals surface area contributed by atoms with Crippen LogP contribution in [0.1, 0.15) is 63.6 Å². The van der Waals surface area contributed by atoms with Crippen LogP contribution < -0.4 is 4.72 Å². The molecule has 196 valence electrons. The van der Waals surface area contributed by atoms with Gasteiger partial charge in [0.05, 0.1) is 41.7 Å². The molecule has 0 saturated carbocycles. The van der Waals surface area contributed by atoms with Crippen LogP contribution in [0, 0.1) is 0 Å². The first-order valence-corrected chi connectivity index (χ1v) is 13.7. The summed E-state index contributed by atoms with van der Waals surface area (Å²) in [7, 11) is -0.719. The Labute approximate surface area is 212 Å². The van der Waals surface area contributed by atoms with E-state index in [1.165, 1.54) is 12.4 Å². The van der Waals surface area contributed by atoms with Crippen LogP contribution in [-0.4, -0.2) is 78.0 Å². The Kier molecular flexibility index (Phi) is 9.82. The van der Waals surface area contributed by atoms with E-state index in [0.29, 0.717) is 36.3 Å². The summed E-state index contributed by atoms with van der Waals surface area (Å²) in [5.41, 5.74) is 0. The van der Waals surface area contributed by atoms with E-state index >= 15 is 0 Å². The molecule has 1 aliphatic rings. The molecule has 1 fully saturated rings. The molecule has 0 spiro atoms. The molecule has 35 heavy (non-hydrogen) atoms. The van der Waals surface area contributed by atoms with Gasteiger partial charge in [-0.1, -0.05) is 25.4 Å². The molecule has 0 bridgehead atoms. The van der Waals surface area contributed by atoms with Gasteiger partial charge in [-0.15, -0.1) is 10.2 Å². The van der Waals surface area contributed by atoms with Crippen LogP contribution in [0.15, 0.2) is 12.4 Å². The van der Waals surface area contributed by atoms with E-state index in [1.54, 1.807) is 32.6 Å². The SMILES string of the molecule is CC[C@@H]1CC[C@H](Cc2nnc(NS(=O)(=O)[C@@H](C)[C@H](C)c3ncc(Cl)cn3)n2C(COC)COC)O1. The minimum Gasteiger partial charge on any atom is -0.382 e. The largest absolute Gasteiger partial charge is 0.382 e. The summed E-state index contributed by atoms with van der Waals surface area (Å²) in [5, 5.41) is 8.06. The average molecular weight is 531 g/mol. The highest BCUT2D eigenvalue weighted by molar-refractivity contribution is 7.93. The smallest absolute Gasteiger partial charge is 0.238 e. The molecule has 11 nitrogen and oxygen atoms in total. The van der Waals surface area contributed by atoms with Crippen molar-refractivity contribution in [3.05, 3.63) is 29.1 Å². The molecular formula is C22H35ClN6O5S. The summed E-state index contributed by atoms with van der Waals surface area (Å²) in [5.74, 6) is 0.618. The summed E-state index contributed by atoms with van der Waals surface area (Å²) >= 11 is 5.87. The van der Waals surface area contributed by atoms with Crippen molar-refractivity contribution in [2.24, 2.45) is 0 Å². The minimum absolute atomic E-state index is 0.000837. The lowest BCUT2D eigenvalue weighted by Crippen LogP contribution is -2.33. The van der Waals surface area contributed by atoms with Gasteiger partial charge >= 0.3 is 0 Å². The Morgan fingerprint density at radius 2 is 1.77 bits per heavy atom. The zero-order chi connectivity index (χ0) is 25.6. The molecule has 2 aromatic heterocycles. The third-order valence-corrected chi connectivity index (χ3v) is 8.43.